The van der Waals surface area contributed by atoms with Crippen LogP contribution >= 0.6 is 0 Å². The van der Waals surface area contributed by atoms with Crippen molar-refractivity contribution in [2.24, 2.45) is 10.9 Å². The molecule has 3 unspecified atom stereocenters. The van der Waals surface area contributed by atoms with Gasteiger partial charge in [0.2, 0.25) is 5.91 Å². The van der Waals surface area contributed by atoms with Crippen molar-refractivity contribution in [2.45, 2.75) is 65.5 Å². The number of allylic oxidation sites excluding steroid dienone is 1. The van der Waals surface area contributed by atoms with Crippen molar-refractivity contribution in [3.63, 3.8) is 0 Å². The van der Waals surface area contributed by atoms with Crippen molar-refractivity contribution in [3.05, 3.63) is 75.5 Å². The molecule has 1 heterocycles. The minimum absolute atomic E-state index is 0.0651. The van der Waals surface area contributed by atoms with Crippen LogP contribution < -0.4 is 15.4 Å². The Morgan fingerprint density at radius 3 is 2.46 bits per heavy atom. The minimum Gasteiger partial charge on any atom is -0.491 e. The van der Waals surface area contributed by atoms with E-state index in [0.29, 0.717) is 35.0 Å². The van der Waals surface area contributed by atoms with Gasteiger partial charge in [0.05, 0.1) is 23.7 Å². The molecule has 2 aromatic rings. The van der Waals surface area contributed by atoms with E-state index in [9.17, 15) is 29.6 Å². The average Bonchev–Trinajstić information content (AvgIpc) is 3.01. The molecule has 1 aliphatic heterocycles. The SMILES string of the molecule is CCOC(=O)C1C(C)=NC(C)=C(C(=O)OCCCC(=O)Nc2ccc(OCC(O)CNC(C)C)cc2)C1c1cccc([N+](=O)[O-])c1. The predicted molar refractivity (Wildman–Crippen MR) is 172 cm³/mol. The number of benzene rings is 2. The molecule has 0 spiro atoms. The summed E-state index contributed by atoms with van der Waals surface area (Å²) in [4.78, 5) is 54.3. The number of hydrogen-bond donors (Lipinski definition) is 3. The van der Waals surface area contributed by atoms with E-state index in [1.807, 2.05) is 13.8 Å². The Labute approximate surface area is 268 Å². The number of nitro groups is 1. The van der Waals surface area contributed by atoms with Crippen LogP contribution in [-0.2, 0) is 23.9 Å². The predicted octanol–water partition coefficient (Wildman–Crippen LogP) is 4.31. The fourth-order valence-corrected chi connectivity index (χ4v) is 4.99. The zero-order valence-corrected chi connectivity index (χ0v) is 26.8. The first-order valence-corrected chi connectivity index (χ1v) is 15.2. The lowest BCUT2D eigenvalue weighted by Crippen LogP contribution is -2.36. The zero-order chi connectivity index (χ0) is 33.8. The summed E-state index contributed by atoms with van der Waals surface area (Å²) in [7, 11) is 0. The molecule has 0 saturated carbocycles. The molecule has 1 amide bonds. The van der Waals surface area contributed by atoms with E-state index in [-0.39, 0.29) is 55.9 Å². The van der Waals surface area contributed by atoms with Crippen molar-refractivity contribution in [3.8, 4) is 5.75 Å². The molecular weight excluding hydrogens is 596 g/mol. The van der Waals surface area contributed by atoms with Crippen molar-refractivity contribution in [1.82, 2.24) is 5.32 Å². The van der Waals surface area contributed by atoms with E-state index in [0.717, 1.165) is 0 Å². The molecule has 1 aliphatic rings. The van der Waals surface area contributed by atoms with E-state index in [1.165, 1.54) is 18.2 Å². The lowest BCUT2D eigenvalue weighted by molar-refractivity contribution is -0.384. The van der Waals surface area contributed by atoms with Gasteiger partial charge in [0.1, 0.15) is 24.4 Å². The number of anilines is 1. The number of non-ortho nitro benzene ring substituents is 1. The summed E-state index contributed by atoms with van der Waals surface area (Å²) in [6.45, 7) is 9.46. The molecule has 2 aromatic carbocycles. The monoisotopic (exact) mass is 638 g/mol. The second-order valence-corrected chi connectivity index (χ2v) is 11.2. The number of aliphatic hydroxyl groups excluding tert-OH is 1. The van der Waals surface area contributed by atoms with Crippen LogP contribution in [0.4, 0.5) is 11.4 Å². The Morgan fingerprint density at radius 1 is 1.09 bits per heavy atom. The molecule has 0 bridgehead atoms. The van der Waals surface area contributed by atoms with E-state index in [2.05, 4.69) is 15.6 Å². The Kier molecular flexibility index (Phi) is 13.4. The second-order valence-electron chi connectivity index (χ2n) is 11.2. The lowest BCUT2D eigenvalue weighted by atomic mass is 9.75. The second kappa shape index (κ2) is 17.2. The third-order valence-corrected chi connectivity index (χ3v) is 7.15. The summed E-state index contributed by atoms with van der Waals surface area (Å²) in [5.74, 6) is -2.98. The van der Waals surface area contributed by atoms with Gasteiger partial charge in [0.15, 0.2) is 0 Å². The summed E-state index contributed by atoms with van der Waals surface area (Å²) in [6.07, 6.45) is -0.371. The fraction of sp³-hybridized carbons (Fsp3) is 0.455. The van der Waals surface area contributed by atoms with Crippen molar-refractivity contribution >= 4 is 34.9 Å². The number of esters is 2. The summed E-state index contributed by atoms with van der Waals surface area (Å²) < 4.78 is 16.4. The van der Waals surface area contributed by atoms with E-state index in [4.69, 9.17) is 14.2 Å². The number of nitrogens with one attached hydrogen (secondary N) is 2. The first-order valence-electron chi connectivity index (χ1n) is 15.2. The first-order chi connectivity index (χ1) is 21.9. The molecule has 13 heteroatoms. The highest BCUT2D eigenvalue weighted by molar-refractivity contribution is 6.07. The third kappa shape index (κ3) is 10.2. The van der Waals surface area contributed by atoms with Crippen LogP contribution in [0.3, 0.4) is 0 Å². The van der Waals surface area contributed by atoms with Crippen LogP contribution in [0.1, 0.15) is 58.9 Å². The molecule has 0 aliphatic carbocycles. The minimum atomic E-state index is -0.984. The summed E-state index contributed by atoms with van der Waals surface area (Å²) in [6, 6.07) is 12.8. The molecule has 0 radical (unpaired) electrons. The van der Waals surface area contributed by atoms with Gasteiger partial charge in [0, 0.05) is 54.2 Å². The smallest absolute Gasteiger partial charge is 0.336 e. The normalized spacial score (nSPS) is 16.8. The number of rotatable bonds is 16. The number of carbonyl (C=O) groups is 3. The van der Waals surface area contributed by atoms with Gasteiger partial charge >= 0.3 is 11.9 Å². The maximum Gasteiger partial charge on any atom is 0.336 e. The Morgan fingerprint density at radius 2 is 1.80 bits per heavy atom. The lowest BCUT2D eigenvalue weighted by Gasteiger charge is -2.31. The van der Waals surface area contributed by atoms with Crippen LogP contribution in [0.5, 0.6) is 5.75 Å². The quantitative estimate of drug-likeness (QED) is 0.104. The number of aliphatic hydroxyl groups is 1. The molecule has 13 nitrogen and oxygen atoms in total. The standard InChI is InChI=1S/C33H42N4O9/c1-6-44-32(40)29-21(4)35-22(5)30(31(29)23-9-7-10-25(17-23)37(42)43)33(41)45-16-8-11-28(39)36-24-12-14-27(15-13-24)46-19-26(38)18-34-20(2)3/h7,9-10,12-15,17,20,26,29,31,34,38H,6,8,11,16,18-19H2,1-5H3,(H,36,39). The van der Waals surface area contributed by atoms with Crippen LogP contribution in [0.15, 0.2) is 64.8 Å². The first kappa shape index (κ1) is 35.9. The molecular formula is C33H42N4O9. The van der Waals surface area contributed by atoms with Gasteiger partial charge in [-0.2, -0.15) is 0 Å². The highest BCUT2D eigenvalue weighted by Crippen LogP contribution is 2.41. The molecule has 0 fully saturated rings. The Bertz CT molecular complexity index is 1450. The molecule has 3 rings (SSSR count). The molecule has 0 aromatic heterocycles. The number of amides is 1. The molecule has 46 heavy (non-hydrogen) atoms. The number of aliphatic imine (C=N–C) groups is 1. The number of nitrogens with zero attached hydrogens (tertiary/aromatic N) is 2. The molecule has 3 N–H and O–H groups in total. The molecule has 0 saturated heterocycles. The highest BCUT2D eigenvalue weighted by Gasteiger charge is 2.42. The Balaban J connectivity index is 1.59. The van der Waals surface area contributed by atoms with Gasteiger partial charge in [-0.1, -0.05) is 26.0 Å². The number of ether oxygens (including phenoxy) is 3. The van der Waals surface area contributed by atoms with Crippen molar-refractivity contribution in [2.75, 3.05) is 31.7 Å². The summed E-state index contributed by atoms with van der Waals surface area (Å²) in [5, 5.41) is 27.4. The van der Waals surface area contributed by atoms with E-state index >= 15 is 0 Å². The number of carbonyl (C=O) groups excluding carboxylic acids is 3. The zero-order valence-electron chi connectivity index (χ0n) is 26.8. The summed E-state index contributed by atoms with van der Waals surface area (Å²) in [5.41, 5.74) is 1.58. The largest absolute Gasteiger partial charge is 0.491 e. The average molecular weight is 639 g/mol. The van der Waals surface area contributed by atoms with Gasteiger partial charge in [0.25, 0.3) is 5.69 Å². The van der Waals surface area contributed by atoms with E-state index in [1.54, 1.807) is 51.1 Å². The van der Waals surface area contributed by atoms with Crippen LogP contribution in [-0.4, -0.2) is 72.1 Å². The topological polar surface area (TPSA) is 179 Å². The van der Waals surface area contributed by atoms with Crippen molar-refractivity contribution < 1.29 is 38.6 Å². The maximum absolute atomic E-state index is 13.4. The number of nitro benzene ring substituents is 1. The van der Waals surface area contributed by atoms with Gasteiger partial charge < -0.3 is 30.0 Å². The third-order valence-electron chi connectivity index (χ3n) is 7.15. The van der Waals surface area contributed by atoms with Crippen molar-refractivity contribution in [1.29, 1.82) is 0 Å². The molecule has 248 valence electrons. The molecule has 3 atom stereocenters. The van der Waals surface area contributed by atoms with Gasteiger partial charge in [-0.3, -0.25) is 24.7 Å². The Hall–Kier alpha value is -4.62. The van der Waals surface area contributed by atoms with Gasteiger partial charge in [-0.15, -0.1) is 0 Å². The summed E-state index contributed by atoms with van der Waals surface area (Å²) >= 11 is 0. The number of hydrogen-bond acceptors (Lipinski definition) is 11. The van der Waals surface area contributed by atoms with Crippen LogP contribution in [0.25, 0.3) is 0 Å². The van der Waals surface area contributed by atoms with Crippen LogP contribution in [0, 0.1) is 16.0 Å². The van der Waals surface area contributed by atoms with Crippen LogP contribution in [0.2, 0.25) is 0 Å². The maximum atomic E-state index is 13.4. The van der Waals surface area contributed by atoms with Gasteiger partial charge in [-0.05, 0) is 57.0 Å². The fourth-order valence-electron chi connectivity index (χ4n) is 4.99. The highest BCUT2D eigenvalue weighted by atomic mass is 16.6. The van der Waals surface area contributed by atoms with Gasteiger partial charge in [-0.25, -0.2) is 4.79 Å². The van der Waals surface area contributed by atoms with E-state index < -0.39 is 34.8 Å².